The van der Waals surface area contributed by atoms with Crippen molar-refractivity contribution in [2.24, 2.45) is 0 Å². The van der Waals surface area contributed by atoms with E-state index in [9.17, 15) is 26.7 Å². The lowest BCUT2D eigenvalue weighted by Gasteiger charge is -2.21. The number of hydrogen-bond acceptors (Lipinski definition) is 8. The Balaban J connectivity index is 1.48. The maximum absolute atomic E-state index is 12.7. The molecule has 0 spiro atoms. The molecule has 0 bridgehead atoms. The van der Waals surface area contributed by atoms with Crippen LogP contribution in [0.2, 0.25) is 0 Å². The molecule has 182 valence electrons. The van der Waals surface area contributed by atoms with Gasteiger partial charge in [0.15, 0.2) is 15.7 Å². The van der Waals surface area contributed by atoms with Gasteiger partial charge in [0.1, 0.15) is 11.5 Å². The van der Waals surface area contributed by atoms with Crippen LogP contribution < -0.4 is 4.74 Å². The number of hydrogen-bond donors (Lipinski definition) is 1. The minimum Gasteiger partial charge on any atom is -0.406 e. The molecular weight excluding hydrogens is 475 g/mol. The van der Waals surface area contributed by atoms with Gasteiger partial charge in [0.25, 0.3) is 0 Å². The Labute approximate surface area is 193 Å². The number of sulfone groups is 1. The molecular formula is C22H22F3N3O5S. The minimum atomic E-state index is -4.80. The summed E-state index contributed by atoms with van der Waals surface area (Å²) in [5.41, 5.74) is 1.46. The smallest absolute Gasteiger partial charge is 0.406 e. The fourth-order valence-electron chi connectivity index (χ4n) is 3.85. The Morgan fingerprint density at radius 3 is 2.65 bits per heavy atom. The highest BCUT2D eigenvalue weighted by molar-refractivity contribution is 7.90. The van der Waals surface area contributed by atoms with Gasteiger partial charge in [-0.05, 0) is 43.2 Å². The van der Waals surface area contributed by atoms with Crippen molar-refractivity contribution in [3.63, 3.8) is 0 Å². The maximum atomic E-state index is 12.7. The minimum absolute atomic E-state index is 0.0162. The Morgan fingerprint density at radius 2 is 1.94 bits per heavy atom. The highest BCUT2D eigenvalue weighted by Crippen LogP contribution is 2.33. The summed E-state index contributed by atoms with van der Waals surface area (Å²) < 4.78 is 72.2. The topological polar surface area (TPSA) is 106 Å². The van der Waals surface area contributed by atoms with Crippen LogP contribution in [0.3, 0.4) is 0 Å². The van der Waals surface area contributed by atoms with Crippen molar-refractivity contribution in [3.05, 3.63) is 71.4 Å². The summed E-state index contributed by atoms with van der Waals surface area (Å²) in [5, 5.41) is 14.0. The molecule has 3 aromatic rings. The van der Waals surface area contributed by atoms with Crippen LogP contribution in [0.5, 0.6) is 5.75 Å². The predicted molar refractivity (Wildman–Crippen MR) is 113 cm³/mol. The molecule has 1 aliphatic rings. The molecule has 0 saturated carbocycles. The van der Waals surface area contributed by atoms with Crippen LogP contribution in [-0.2, 0) is 22.1 Å². The Hall–Kier alpha value is -2.96. The first kappa shape index (κ1) is 24.2. The summed E-state index contributed by atoms with van der Waals surface area (Å²) in [7, 11) is -3.69. The number of β-amino-alcohol motifs (C(OH)–C–C–N with tert-alkyl or cyclic N) is 1. The zero-order valence-electron chi connectivity index (χ0n) is 18.1. The van der Waals surface area contributed by atoms with E-state index < -0.39 is 34.1 Å². The number of ether oxygens (including phenoxy) is 1. The van der Waals surface area contributed by atoms with E-state index in [-0.39, 0.29) is 41.9 Å². The first-order valence-corrected chi connectivity index (χ1v) is 12.0. The average Bonchev–Trinajstić information content (AvgIpc) is 3.33. The Morgan fingerprint density at radius 1 is 1.21 bits per heavy atom. The molecule has 2 atom stereocenters. The average molecular weight is 497 g/mol. The van der Waals surface area contributed by atoms with Crippen LogP contribution in [-0.4, -0.2) is 47.6 Å². The van der Waals surface area contributed by atoms with Crippen LogP contribution in [0.15, 0.2) is 57.9 Å². The second kappa shape index (κ2) is 9.35. The lowest BCUT2D eigenvalue weighted by Crippen LogP contribution is -2.24. The van der Waals surface area contributed by atoms with Crippen LogP contribution in [0.4, 0.5) is 13.2 Å². The van der Waals surface area contributed by atoms with Gasteiger partial charge < -0.3 is 14.4 Å². The third-order valence-electron chi connectivity index (χ3n) is 5.37. The third kappa shape index (κ3) is 5.93. The standard InChI is InChI=1S/C22H22F3N3O5S/c1-14-5-7-18(8-6-14)34(30,31)13-20-26-21(33-27-20)19-10-16(29)12-28(19)11-15-3-2-4-17(9-15)32-22(23,24)25/h2-9,16,19,29H,10-13H2,1H3/t16-,19+/m1/s1. The quantitative estimate of drug-likeness (QED) is 0.528. The monoisotopic (exact) mass is 497 g/mol. The SMILES string of the molecule is Cc1ccc(S(=O)(=O)Cc2noc([C@@H]3C[C@@H](O)CN3Cc3cccc(OC(F)(F)F)c3)n2)cc1. The second-order valence-electron chi connectivity index (χ2n) is 8.15. The second-order valence-corrected chi connectivity index (χ2v) is 10.1. The van der Waals surface area contributed by atoms with E-state index in [0.29, 0.717) is 5.56 Å². The molecule has 1 aromatic heterocycles. The lowest BCUT2D eigenvalue weighted by atomic mass is 10.1. The summed E-state index contributed by atoms with van der Waals surface area (Å²) in [4.78, 5) is 6.15. The summed E-state index contributed by atoms with van der Waals surface area (Å²) in [6, 6.07) is 11.4. The fraction of sp³-hybridized carbons (Fsp3) is 0.364. The number of aliphatic hydroxyl groups is 1. The van der Waals surface area contributed by atoms with Crippen molar-refractivity contribution in [1.29, 1.82) is 0 Å². The molecule has 4 rings (SSSR count). The highest BCUT2D eigenvalue weighted by Gasteiger charge is 2.36. The predicted octanol–water partition coefficient (Wildman–Crippen LogP) is 3.56. The molecule has 1 N–H and O–H groups in total. The first-order valence-electron chi connectivity index (χ1n) is 10.4. The van der Waals surface area contributed by atoms with Crippen molar-refractivity contribution < 1.29 is 36.0 Å². The van der Waals surface area contributed by atoms with Crippen molar-refractivity contribution in [1.82, 2.24) is 15.0 Å². The molecule has 1 saturated heterocycles. The number of nitrogens with zero attached hydrogens (tertiary/aromatic N) is 3. The number of rotatable bonds is 7. The van der Waals surface area contributed by atoms with Gasteiger partial charge in [-0.1, -0.05) is 35.0 Å². The van der Waals surface area contributed by atoms with Gasteiger partial charge in [-0.3, -0.25) is 4.90 Å². The van der Waals surface area contributed by atoms with Gasteiger partial charge >= 0.3 is 6.36 Å². The van der Waals surface area contributed by atoms with Crippen molar-refractivity contribution >= 4 is 9.84 Å². The van der Waals surface area contributed by atoms with E-state index in [1.165, 1.54) is 30.3 Å². The number of benzene rings is 2. The van der Waals surface area contributed by atoms with Crippen LogP contribution >= 0.6 is 0 Å². The van der Waals surface area contributed by atoms with Gasteiger partial charge in [-0.2, -0.15) is 4.98 Å². The van der Waals surface area contributed by atoms with Gasteiger partial charge in [-0.25, -0.2) is 8.42 Å². The van der Waals surface area contributed by atoms with E-state index in [1.54, 1.807) is 23.1 Å². The lowest BCUT2D eigenvalue weighted by molar-refractivity contribution is -0.274. The largest absolute Gasteiger partial charge is 0.573 e. The number of likely N-dealkylation sites (tertiary alicyclic amines) is 1. The van der Waals surface area contributed by atoms with Gasteiger partial charge in [0.2, 0.25) is 5.89 Å². The maximum Gasteiger partial charge on any atom is 0.573 e. The fourth-order valence-corrected chi connectivity index (χ4v) is 5.02. The zero-order chi connectivity index (χ0) is 24.5. The number of aryl methyl sites for hydroxylation is 1. The molecule has 34 heavy (non-hydrogen) atoms. The highest BCUT2D eigenvalue weighted by atomic mass is 32.2. The Kier molecular flexibility index (Phi) is 6.65. The van der Waals surface area contributed by atoms with Gasteiger partial charge in [0, 0.05) is 13.1 Å². The molecule has 1 fully saturated rings. The van der Waals surface area contributed by atoms with Gasteiger partial charge in [-0.15, -0.1) is 13.2 Å². The number of halogens is 3. The molecule has 0 amide bonds. The third-order valence-corrected chi connectivity index (χ3v) is 7.00. The number of alkyl halides is 3. The van der Waals surface area contributed by atoms with E-state index in [1.807, 2.05) is 6.92 Å². The normalized spacial score (nSPS) is 19.4. The van der Waals surface area contributed by atoms with E-state index in [2.05, 4.69) is 14.9 Å². The molecule has 0 aliphatic carbocycles. The van der Waals surface area contributed by atoms with Crippen molar-refractivity contribution in [3.8, 4) is 5.75 Å². The summed E-state index contributed by atoms with van der Waals surface area (Å²) in [6.07, 6.45) is -5.26. The van der Waals surface area contributed by atoms with Gasteiger partial charge in [0.05, 0.1) is 17.0 Å². The molecule has 0 unspecified atom stereocenters. The van der Waals surface area contributed by atoms with Crippen molar-refractivity contribution in [2.45, 2.75) is 49.0 Å². The summed E-state index contributed by atoms with van der Waals surface area (Å²) >= 11 is 0. The van der Waals surface area contributed by atoms with E-state index >= 15 is 0 Å². The molecule has 1 aliphatic heterocycles. The summed E-state index contributed by atoms with van der Waals surface area (Å²) in [5.74, 6) is -0.681. The van der Waals surface area contributed by atoms with Crippen LogP contribution in [0.1, 0.15) is 35.3 Å². The summed E-state index contributed by atoms with van der Waals surface area (Å²) in [6.45, 7) is 2.27. The zero-order valence-corrected chi connectivity index (χ0v) is 18.9. The number of aliphatic hydroxyl groups excluding tert-OH is 1. The Bertz CT molecular complexity index is 1250. The molecule has 8 nitrogen and oxygen atoms in total. The molecule has 2 aromatic carbocycles. The first-order chi connectivity index (χ1) is 16.0. The van der Waals surface area contributed by atoms with Crippen LogP contribution in [0.25, 0.3) is 0 Å². The van der Waals surface area contributed by atoms with E-state index in [4.69, 9.17) is 4.52 Å². The molecule has 12 heteroatoms. The molecule has 0 radical (unpaired) electrons. The van der Waals surface area contributed by atoms with E-state index in [0.717, 1.165) is 5.56 Å². The van der Waals surface area contributed by atoms with Crippen molar-refractivity contribution in [2.75, 3.05) is 6.54 Å². The molecule has 2 heterocycles. The number of aromatic nitrogens is 2. The van der Waals surface area contributed by atoms with Crippen LogP contribution in [0, 0.1) is 6.92 Å².